The molecule has 1 fully saturated rings. The third-order valence-corrected chi connectivity index (χ3v) is 4.43. The van der Waals surface area contributed by atoms with E-state index in [9.17, 15) is 5.11 Å². The van der Waals surface area contributed by atoms with Crippen LogP contribution in [0.4, 0.5) is 0 Å². The Morgan fingerprint density at radius 3 is 2.77 bits per heavy atom. The predicted molar refractivity (Wildman–Crippen MR) is 82.9 cm³/mol. The summed E-state index contributed by atoms with van der Waals surface area (Å²) in [6.45, 7) is 5.72. The Labute approximate surface area is 130 Å². The van der Waals surface area contributed by atoms with Crippen LogP contribution in [0.5, 0.6) is 0 Å². The zero-order valence-corrected chi connectivity index (χ0v) is 13.0. The third-order valence-electron chi connectivity index (χ3n) is 4.43. The topological polar surface area (TPSA) is 67.1 Å². The Morgan fingerprint density at radius 2 is 2.09 bits per heavy atom. The average Bonchev–Trinajstić information content (AvgIpc) is 3.03. The molecule has 3 heterocycles. The second-order valence-electron chi connectivity index (χ2n) is 5.81. The predicted octanol–water partition coefficient (Wildman–Crippen LogP) is 1.64. The highest BCUT2D eigenvalue weighted by molar-refractivity contribution is 5.08. The number of aromatic nitrogens is 4. The summed E-state index contributed by atoms with van der Waals surface area (Å²) in [6, 6.07) is 5.71. The van der Waals surface area contributed by atoms with Crippen molar-refractivity contribution < 1.29 is 5.11 Å². The highest BCUT2D eigenvalue weighted by atomic mass is 16.3. The second kappa shape index (κ2) is 6.98. The second-order valence-corrected chi connectivity index (χ2v) is 5.81. The lowest BCUT2D eigenvalue weighted by atomic mass is 9.89. The summed E-state index contributed by atoms with van der Waals surface area (Å²) in [5.74, 6) is 1.31. The van der Waals surface area contributed by atoms with Crippen molar-refractivity contribution in [1.82, 2.24) is 24.6 Å². The van der Waals surface area contributed by atoms with Gasteiger partial charge in [-0.1, -0.05) is 6.07 Å². The average molecular weight is 301 g/mol. The number of likely N-dealkylation sites (tertiary alicyclic amines) is 1. The molecular weight excluding hydrogens is 278 g/mol. The Bertz CT molecular complexity index is 577. The molecule has 118 valence electrons. The van der Waals surface area contributed by atoms with Crippen molar-refractivity contribution in [3.05, 3.63) is 42.2 Å². The quantitative estimate of drug-likeness (QED) is 0.909. The number of hydrogen-bond donors (Lipinski definition) is 1. The van der Waals surface area contributed by atoms with Crippen LogP contribution in [0.25, 0.3) is 0 Å². The van der Waals surface area contributed by atoms with Gasteiger partial charge in [-0.3, -0.25) is 9.88 Å². The first-order valence-electron chi connectivity index (χ1n) is 7.96. The lowest BCUT2D eigenvalue weighted by Crippen LogP contribution is -2.36. The summed E-state index contributed by atoms with van der Waals surface area (Å²) in [5, 5.41) is 14.7. The molecule has 2 aromatic rings. The molecule has 6 nitrogen and oxygen atoms in total. The van der Waals surface area contributed by atoms with Crippen LogP contribution in [-0.2, 0) is 13.1 Å². The van der Waals surface area contributed by atoms with E-state index in [1.807, 2.05) is 22.9 Å². The maximum atomic E-state index is 10.5. The van der Waals surface area contributed by atoms with Crippen LogP contribution in [0.1, 0.15) is 37.4 Å². The minimum absolute atomic E-state index is 0.287. The fraction of sp³-hybridized carbons (Fsp3) is 0.562. The number of pyridine rings is 1. The number of piperidine rings is 1. The molecule has 1 saturated heterocycles. The van der Waals surface area contributed by atoms with Gasteiger partial charge in [0.25, 0.3) is 0 Å². The molecule has 0 unspecified atom stereocenters. The summed E-state index contributed by atoms with van der Waals surface area (Å²) in [6.07, 6.45) is 4.88. The van der Waals surface area contributed by atoms with Crippen LogP contribution < -0.4 is 0 Å². The summed E-state index contributed by atoms with van der Waals surface area (Å²) in [5.41, 5.74) is 0.784. The highest BCUT2D eigenvalue weighted by Gasteiger charge is 2.27. The number of hydrogen-bond acceptors (Lipinski definition) is 5. The van der Waals surface area contributed by atoms with E-state index in [4.69, 9.17) is 0 Å². The zero-order valence-electron chi connectivity index (χ0n) is 13.0. The standard InChI is InChI=1S/C16H23N5O/c1-2-21-15(18-12-19-21)11-20-9-6-13(7-10-20)16(22)14-5-3-4-8-17-14/h3-5,8,12-13,16,22H,2,6-7,9-11H2,1H3/t16-/m0/s1. The van der Waals surface area contributed by atoms with E-state index in [0.29, 0.717) is 0 Å². The van der Waals surface area contributed by atoms with E-state index in [1.165, 1.54) is 0 Å². The lowest BCUT2D eigenvalue weighted by molar-refractivity contribution is 0.0529. The van der Waals surface area contributed by atoms with Crippen molar-refractivity contribution in [1.29, 1.82) is 0 Å². The van der Waals surface area contributed by atoms with Gasteiger partial charge in [0, 0.05) is 12.7 Å². The molecule has 3 rings (SSSR count). The summed E-state index contributed by atoms with van der Waals surface area (Å²) in [7, 11) is 0. The molecule has 6 heteroatoms. The van der Waals surface area contributed by atoms with E-state index in [2.05, 4.69) is 26.9 Å². The van der Waals surface area contributed by atoms with Crippen LogP contribution >= 0.6 is 0 Å². The molecule has 0 aliphatic carbocycles. The van der Waals surface area contributed by atoms with Gasteiger partial charge in [0.15, 0.2) is 0 Å². The van der Waals surface area contributed by atoms with Gasteiger partial charge in [0.1, 0.15) is 12.2 Å². The first kappa shape index (κ1) is 15.1. The molecule has 1 aliphatic rings. The van der Waals surface area contributed by atoms with Crippen molar-refractivity contribution in [3.63, 3.8) is 0 Å². The smallest absolute Gasteiger partial charge is 0.140 e. The fourth-order valence-corrected chi connectivity index (χ4v) is 3.09. The van der Waals surface area contributed by atoms with Crippen molar-refractivity contribution in [3.8, 4) is 0 Å². The van der Waals surface area contributed by atoms with E-state index in [-0.39, 0.29) is 5.92 Å². The highest BCUT2D eigenvalue weighted by Crippen LogP contribution is 2.29. The Balaban J connectivity index is 1.54. The van der Waals surface area contributed by atoms with Crippen LogP contribution in [0.2, 0.25) is 0 Å². The van der Waals surface area contributed by atoms with Crippen LogP contribution in [0.3, 0.4) is 0 Å². The van der Waals surface area contributed by atoms with Crippen LogP contribution in [0.15, 0.2) is 30.7 Å². The molecule has 0 spiro atoms. The van der Waals surface area contributed by atoms with E-state index in [1.54, 1.807) is 12.5 Å². The molecule has 0 saturated carbocycles. The van der Waals surface area contributed by atoms with E-state index in [0.717, 1.165) is 50.5 Å². The maximum Gasteiger partial charge on any atom is 0.140 e. The number of rotatable bonds is 5. The normalized spacial score (nSPS) is 18.5. The van der Waals surface area contributed by atoms with E-state index < -0.39 is 6.10 Å². The first-order chi connectivity index (χ1) is 10.8. The van der Waals surface area contributed by atoms with Gasteiger partial charge in [-0.05, 0) is 50.9 Å². The molecule has 0 aromatic carbocycles. The number of aliphatic hydroxyl groups is 1. The Kier molecular flexibility index (Phi) is 4.80. The summed E-state index contributed by atoms with van der Waals surface area (Å²) in [4.78, 5) is 11.0. The minimum Gasteiger partial charge on any atom is -0.387 e. The molecule has 0 radical (unpaired) electrons. The van der Waals surface area contributed by atoms with Crippen molar-refractivity contribution in [2.45, 2.75) is 39.0 Å². The summed E-state index contributed by atoms with van der Waals surface area (Å²) < 4.78 is 1.94. The monoisotopic (exact) mass is 301 g/mol. The van der Waals surface area contributed by atoms with Gasteiger partial charge in [-0.2, -0.15) is 5.10 Å². The van der Waals surface area contributed by atoms with Crippen LogP contribution in [-0.4, -0.2) is 42.8 Å². The van der Waals surface area contributed by atoms with Gasteiger partial charge in [-0.15, -0.1) is 0 Å². The van der Waals surface area contributed by atoms with E-state index >= 15 is 0 Å². The molecule has 1 atom stereocenters. The molecule has 2 aromatic heterocycles. The van der Waals surface area contributed by atoms with Gasteiger partial charge in [-0.25, -0.2) is 9.67 Å². The largest absolute Gasteiger partial charge is 0.387 e. The molecular formula is C16H23N5O. The zero-order chi connectivity index (χ0) is 15.4. The fourth-order valence-electron chi connectivity index (χ4n) is 3.09. The Hall–Kier alpha value is -1.79. The number of aliphatic hydroxyl groups excluding tert-OH is 1. The van der Waals surface area contributed by atoms with Crippen molar-refractivity contribution >= 4 is 0 Å². The van der Waals surface area contributed by atoms with Crippen LogP contribution in [0, 0.1) is 5.92 Å². The van der Waals surface area contributed by atoms with Crippen molar-refractivity contribution in [2.24, 2.45) is 5.92 Å². The van der Waals surface area contributed by atoms with Gasteiger partial charge in [0.05, 0.1) is 18.3 Å². The van der Waals surface area contributed by atoms with Gasteiger partial charge in [0.2, 0.25) is 0 Å². The molecule has 22 heavy (non-hydrogen) atoms. The maximum absolute atomic E-state index is 10.5. The number of nitrogens with zero attached hydrogens (tertiary/aromatic N) is 5. The first-order valence-corrected chi connectivity index (χ1v) is 7.96. The molecule has 1 aliphatic heterocycles. The summed E-state index contributed by atoms with van der Waals surface area (Å²) >= 11 is 0. The van der Waals surface area contributed by atoms with Gasteiger partial charge >= 0.3 is 0 Å². The third kappa shape index (κ3) is 3.34. The molecule has 0 amide bonds. The Morgan fingerprint density at radius 1 is 1.27 bits per heavy atom. The van der Waals surface area contributed by atoms with Crippen molar-refractivity contribution in [2.75, 3.05) is 13.1 Å². The number of aryl methyl sites for hydroxylation is 1. The lowest BCUT2D eigenvalue weighted by Gasteiger charge is -2.33. The molecule has 0 bridgehead atoms. The SMILES string of the molecule is CCn1ncnc1CN1CCC([C@H](O)c2ccccn2)CC1. The minimum atomic E-state index is -0.456. The molecule has 1 N–H and O–H groups in total. The van der Waals surface area contributed by atoms with Gasteiger partial charge < -0.3 is 5.11 Å².